The molecule has 5 heteroatoms. The van der Waals surface area contributed by atoms with Gasteiger partial charge in [-0.25, -0.2) is 0 Å². The Morgan fingerprint density at radius 2 is 2.11 bits per heavy atom. The third-order valence-corrected chi connectivity index (χ3v) is 3.15. The van der Waals surface area contributed by atoms with Crippen molar-refractivity contribution >= 4 is 21.8 Å². The van der Waals surface area contributed by atoms with Crippen molar-refractivity contribution in [3.63, 3.8) is 0 Å². The maximum absolute atomic E-state index is 10.8. The number of rotatable bonds is 6. The van der Waals surface area contributed by atoms with E-state index in [2.05, 4.69) is 15.9 Å². The zero-order valence-corrected chi connectivity index (χ0v) is 11.6. The molecule has 2 unspecified atom stereocenters. The second kappa shape index (κ2) is 7.18. The fraction of sp³-hybridized carbons (Fsp3) is 0.308. The van der Waals surface area contributed by atoms with E-state index in [1.54, 1.807) is 25.1 Å². The van der Waals surface area contributed by atoms with E-state index in [-0.39, 0.29) is 6.42 Å². The minimum absolute atomic E-state index is 0.289. The highest BCUT2D eigenvalue weighted by molar-refractivity contribution is 9.09. The molecule has 1 aromatic rings. The first kappa shape index (κ1) is 14.7. The van der Waals surface area contributed by atoms with Crippen LogP contribution in [0.4, 0.5) is 0 Å². The van der Waals surface area contributed by atoms with Gasteiger partial charge in [-0.3, -0.25) is 4.79 Å². The van der Waals surface area contributed by atoms with Gasteiger partial charge in [-0.2, -0.15) is 0 Å². The molecule has 0 saturated heterocycles. The van der Waals surface area contributed by atoms with Crippen LogP contribution in [-0.4, -0.2) is 22.1 Å². The molecule has 0 bridgehead atoms. The van der Waals surface area contributed by atoms with Crippen LogP contribution in [0.2, 0.25) is 0 Å². The van der Waals surface area contributed by atoms with Crippen molar-refractivity contribution in [1.29, 1.82) is 0 Å². The van der Waals surface area contributed by atoms with E-state index >= 15 is 0 Å². The fourth-order valence-electron chi connectivity index (χ4n) is 1.21. The number of benzene rings is 1. The fourth-order valence-corrected chi connectivity index (χ4v) is 1.64. The van der Waals surface area contributed by atoms with Crippen LogP contribution in [0.1, 0.15) is 13.3 Å². The van der Waals surface area contributed by atoms with Crippen molar-refractivity contribution < 1.29 is 14.6 Å². The molecule has 1 rings (SSSR count). The van der Waals surface area contributed by atoms with E-state index in [0.29, 0.717) is 11.3 Å². The van der Waals surface area contributed by atoms with Gasteiger partial charge >= 0.3 is 0 Å². The van der Waals surface area contributed by atoms with Crippen LogP contribution in [-0.2, 0) is 4.79 Å². The highest BCUT2D eigenvalue weighted by Gasteiger charge is 2.16. The maximum atomic E-state index is 10.8. The standard InChI is InChI=1S/C13H16BrNO3/c1-9(13(15)17)7-8-11(16)12(14)18-10-5-3-2-4-6-10/h2-7,11-12,16H,8H2,1H3,(H2,15,17). The van der Waals surface area contributed by atoms with Crippen LogP contribution < -0.4 is 10.5 Å². The van der Waals surface area contributed by atoms with E-state index in [0.717, 1.165) is 0 Å². The molecule has 0 aliphatic rings. The first-order chi connectivity index (χ1) is 8.50. The molecule has 2 atom stereocenters. The Morgan fingerprint density at radius 1 is 1.50 bits per heavy atom. The van der Waals surface area contributed by atoms with Crippen molar-refractivity contribution in [2.45, 2.75) is 24.5 Å². The average molecular weight is 314 g/mol. The van der Waals surface area contributed by atoms with Crippen LogP contribution in [0, 0.1) is 0 Å². The number of para-hydroxylation sites is 1. The summed E-state index contributed by atoms with van der Waals surface area (Å²) in [6.07, 6.45) is 1.12. The van der Waals surface area contributed by atoms with Gasteiger partial charge in [0.1, 0.15) is 11.9 Å². The Kier molecular flexibility index (Phi) is 5.88. The molecule has 0 spiro atoms. The van der Waals surface area contributed by atoms with Crippen molar-refractivity contribution in [3.05, 3.63) is 42.0 Å². The Balaban J connectivity index is 2.49. The van der Waals surface area contributed by atoms with E-state index in [4.69, 9.17) is 10.5 Å². The van der Waals surface area contributed by atoms with Crippen molar-refractivity contribution in [1.82, 2.24) is 0 Å². The summed E-state index contributed by atoms with van der Waals surface area (Å²) in [6, 6.07) is 9.17. The number of nitrogens with two attached hydrogens (primary N) is 1. The minimum atomic E-state index is -0.764. The molecule has 1 aromatic carbocycles. The summed E-state index contributed by atoms with van der Waals surface area (Å²) in [7, 11) is 0. The lowest BCUT2D eigenvalue weighted by molar-refractivity contribution is -0.114. The summed E-state index contributed by atoms with van der Waals surface area (Å²) in [5.41, 5.74) is 5.51. The third kappa shape index (κ3) is 4.89. The number of primary amides is 1. The van der Waals surface area contributed by atoms with Gasteiger partial charge in [-0.1, -0.05) is 24.3 Å². The molecule has 0 fully saturated rings. The van der Waals surface area contributed by atoms with Gasteiger partial charge in [0.05, 0.1) is 0 Å². The highest BCUT2D eigenvalue weighted by atomic mass is 79.9. The lowest BCUT2D eigenvalue weighted by atomic mass is 10.2. The molecule has 0 aliphatic heterocycles. The number of amides is 1. The second-order valence-corrected chi connectivity index (χ2v) is 4.74. The van der Waals surface area contributed by atoms with Gasteiger partial charge in [0, 0.05) is 5.57 Å². The van der Waals surface area contributed by atoms with Crippen molar-refractivity contribution in [2.75, 3.05) is 0 Å². The Hall–Kier alpha value is -1.33. The smallest absolute Gasteiger partial charge is 0.244 e. The first-order valence-corrected chi connectivity index (χ1v) is 6.42. The number of carbonyl (C=O) groups excluding carboxylic acids is 1. The van der Waals surface area contributed by atoms with Crippen molar-refractivity contribution in [2.24, 2.45) is 5.73 Å². The number of aliphatic hydroxyl groups excluding tert-OH is 1. The van der Waals surface area contributed by atoms with Crippen molar-refractivity contribution in [3.8, 4) is 5.75 Å². The molecular weight excluding hydrogens is 298 g/mol. The van der Waals surface area contributed by atoms with Gasteiger partial charge in [-0.05, 0) is 41.4 Å². The molecule has 0 aliphatic carbocycles. The van der Waals surface area contributed by atoms with E-state index < -0.39 is 17.0 Å². The van der Waals surface area contributed by atoms with Gasteiger partial charge < -0.3 is 15.6 Å². The average Bonchev–Trinajstić information content (AvgIpc) is 2.36. The van der Waals surface area contributed by atoms with Gasteiger partial charge in [0.15, 0.2) is 5.01 Å². The predicted molar refractivity (Wildman–Crippen MR) is 73.4 cm³/mol. The summed E-state index contributed by atoms with van der Waals surface area (Å²) < 4.78 is 5.49. The molecule has 0 saturated carbocycles. The molecule has 18 heavy (non-hydrogen) atoms. The zero-order chi connectivity index (χ0) is 13.5. The molecule has 0 aromatic heterocycles. The van der Waals surface area contributed by atoms with Gasteiger partial charge in [-0.15, -0.1) is 0 Å². The summed E-state index contributed by atoms with van der Waals surface area (Å²) in [6.45, 7) is 1.61. The summed E-state index contributed by atoms with van der Waals surface area (Å²) in [5, 5.41) is 9.30. The lowest BCUT2D eigenvalue weighted by Crippen LogP contribution is -2.25. The lowest BCUT2D eigenvalue weighted by Gasteiger charge is -2.17. The topological polar surface area (TPSA) is 72.6 Å². The molecular formula is C13H16BrNO3. The quantitative estimate of drug-likeness (QED) is 0.623. The Bertz CT molecular complexity index is 420. The Labute approximate surface area is 115 Å². The third-order valence-electron chi connectivity index (χ3n) is 2.35. The SMILES string of the molecule is CC(=CCC(O)C(Br)Oc1ccccc1)C(N)=O. The van der Waals surface area contributed by atoms with Crippen LogP contribution in [0.3, 0.4) is 0 Å². The normalized spacial score (nSPS) is 14.9. The molecule has 98 valence electrons. The molecule has 1 amide bonds. The van der Waals surface area contributed by atoms with Crippen LogP contribution in [0.5, 0.6) is 5.75 Å². The number of halogens is 1. The van der Waals surface area contributed by atoms with Gasteiger partial charge in [0.25, 0.3) is 0 Å². The maximum Gasteiger partial charge on any atom is 0.244 e. The van der Waals surface area contributed by atoms with Gasteiger partial charge in [0.2, 0.25) is 5.91 Å². The largest absolute Gasteiger partial charge is 0.476 e. The second-order valence-electron chi connectivity index (χ2n) is 3.84. The molecule has 3 N–H and O–H groups in total. The van der Waals surface area contributed by atoms with Crippen LogP contribution >= 0.6 is 15.9 Å². The number of aliphatic hydroxyl groups is 1. The first-order valence-electron chi connectivity index (χ1n) is 5.51. The number of ether oxygens (including phenoxy) is 1. The molecule has 0 heterocycles. The monoisotopic (exact) mass is 313 g/mol. The van der Waals surface area contributed by atoms with E-state index in [1.165, 1.54) is 0 Å². The molecule has 4 nitrogen and oxygen atoms in total. The summed E-state index contributed by atoms with van der Waals surface area (Å²) in [4.78, 5) is 10.8. The number of hydrogen-bond acceptors (Lipinski definition) is 3. The van der Waals surface area contributed by atoms with Crippen LogP contribution in [0.15, 0.2) is 42.0 Å². The number of alkyl halides is 1. The zero-order valence-electron chi connectivity index (χ0n) is 10.0. The summed E-state index contributed by atoms with van der Waals surface area (Å²) in [5.74, 6) is 0.173. The Morgan fingerprint density at radius 3 is 2.67 bits per heavy atom. The predicted octanol–water partition coefficient (Wildman–Crippen LogP) is 1.97. The number of carbonyl (C=O) groups is 1. The van der Waals surface area contributed by atoms with Crippen LogP contribution in [0.25, 0.3) is 0 Å². The highest BCUT2D eigenvalue weighted by Crippen LogP contribution is 2.18. The van der Waals surface area contributed by atoms with E-state index in [9.17, 15) is 9.90 Å². The summed E-state index contributed by atoms with van der Waals surface area (Å²) >= 11 is 3.25. The minimum Gasteiger partial charge on any atom is -0.476 e. The molecule has 0 radical (unpaired) electrons. The number of hydrogen-bond donors (Lipinski definition) is 2. The van der Waals surface area contributed by atoms with E-state index in [1.807, 2.05) is 18.2 Å².